The molecule has 0 bridgehead atoms. The molecule has 0 aliphatic carbocycles. The predicted octanol–water partition coefficient (Wildman–Crippen LogP) is 3.48. The van der Waals surface area contributed by atoms with E-state index in [2.05, 4.69) is 20.7 Å². The van der Waals surface area contributed by atoms with Gasteiger partial charge in [-0.15, -0.1) is 13.2 Å². The van der Waals surface area contributed by atoms with E-state index >= 15 is 0 Å². The largest absolute Gasteiger partial charge is 0.573 e. The molecule has 0 saturated heterocycles. The van der Waals surface area contributed by atoms with Gasteiger partial charge < -0.3 is 9.53 Å². The van der Waals surface area contributed by atoms with Gasteiger partial charge in [0.1, 0.15) is 12.0 Å². The van der Waals surface area contributed by atoms with Crippen molar-refractivity contribution in [1.29, 1.82) is 0 Å². The molecular formula is C10H8BrF3O2. The van der Waals surface area contributed by atoms with Crippen LogP contribution < -0.4 is 4.74 Å². The lowest BCUT2D eigenvalue weighted by Gasteiger charge is -2.10. The molecule has 0 spiro atoms. The summed E-state index contributed by atoms with van der Waals surface area (Å²) < 4.78 is 40.2. The highest BCUT2D eigenvalue weighted by Crippen LogP contribution is 2.27. The molecular weight excluding hydrogens is 289 g/mol. The molecule has 0 unspecified atom stereocenters. The van der Waals surface area contributed by atoms with Crippen molar-refractivity contribution in [3.63, 3.8) is 0 Å². The van der Waals surface area contributed by atoms with Crippen LogP contribution in [0.4, 0.5) is 13.2 Å². The van der Waals surface area contributed by atoms with Gasteiger partial charge >= 0.3 is 6.36 Å². The van der Waals surface area contributed by atoms with E-state index in [9.17, 15) is 18.0 Å². The molecule has 0 aliphatic rings. The number of benzene rings is 1. The van der Waals surface area contributed by atoms with Crippen molar-refractivity contribution in [3.8, 4) is 5.75 Å². The lowest BCUT2D eigenvalue weighted by molar-refractivity contribution is -0.274. The molecule has 2 nitrogen and oxygen atoms in total. The Morgan fingerprint density at radius 2 is 2.00 bits per heavy atom. The average molecular weight is 297 g/mol. The van der Waals surface area contributed by atoms with Crippen LogP contribution in [0, 0.1) is 0 Å². The van der Waals surface area contributed by atoms with E-state index in [0.29, 0.717) is 22.7 Å². The molecule has 1 aromatic rings. The van der Waals surface area contributed by atoms with E-state index in [1.807, 2.05) is 0 Å². The fraction of sp³-hybridized carbons (Fsp3) is 0.300. The fourth-order valence-corrected chi connectivity index (χ4v) is 1.70. The van der Waals surface area contributed by atoms with Crippen molar-refractivity contribution in [2.75, 3.05) is 0 Å². The summed E-state index contributed by atoms with van der Waals surface area (Å²) >= 11 is 3.08. The number of carbonyl (C=O) groups excluding carboxylic acids is 1. The minimum absolute atomic E-state index is 0.266. The first kappa shape index (κ1) is 13.0. The Morgan fingerprint density at radius 1 is 1.31 bits per heavy atom. The number of ether oxygens (including phenoxy) is 1. The normalized spacial score (nSPS) is 11.2. The third-order valence-corrected chi connectivity index (χ3v) is 2.17. The number of carbonyl (C=O) groups is 1. The van der Waals surface area contributed by atoms with Gasteiger partial charge in [0.25, 0.3) is 0 Å². The van der Waals surface area contributed by atoms with Crippen LogP contribution in [-0.2, 0) is 11.2 Å². The first-order valence-electron chi connectivity index (χ1n) is 4.39. The molecule has 88 valence electrons. The van der Waals surface area contributed by atoms with Crippen molar-refractivity contribution in [3.05, 3.63) is 28.2 Å². The summed E-state index contributed by atoms with van der Waals surface area (Å²) in [6.07, 6.45) is -3.34. The van der Waals surface area contributed by atoms with E-state index < -0.39 is 6.36 Å². The molecule has 16 heavy (non-hydrogen) atoms. The Labute approximate surface area is 98.5 Å². The van der Waals surface area contributed by atoms with Gasteiger partial charge in [-0.2, -0.15) is 0 Å². The van der Waals surface area contributed by atoms with Crippen molar-refractivity contribution < 1.29 is 22.7 Å². The minimum atomic E-state index is -4.71. The lowest BCUT2D eigenvalue weighted by atomic mass is 10.1. The van der Waals surface area contributed by atoms with Crippen LogP contribution in [0.5, 0.6) is 5.75 Å². The van der Waals surface area contributed by atoms with Crippen molar-refractivity contribution in [1.82, 2.24) is 0 Å². The van der Waals surface area contributed by atoms with Crippen molar-refractivity contribution in [2.24, 2.45) is 0 Å². The Kier molecular flexibility index (Phi) is 4.35. The van der Waals surface area contributed by atoms with Gasteiger partial charge in [-0.3, -0.25) is 0 Å². The molecule has 1 aromatic carbocycles. The number of halogens is 4. The second kappa shape index (κ2) is 5.34. The Morgan fingerprint density at radius 3 is 2.56 bits per heavy atom. The van der Waals surface area contributed by atoms with E-state index in [1.165, 1.54) is 12.1 Å². The number of hydrogen-bond acceptors (Lipinski definition) is 2. The first-order valence-corrected chi connectivity index (χ1v) is 5.19. The van der Waals surface area contributed by atoms with Gasteiger partial charge in [0.15, 0.2) is 0 Å². The molecule has 0 aliphatic heterocycles. The summed E-state index contributed by atoms with van der Waals surface area (Å²) in [7, 11) is 0. The standard InChI is InChI=1S/C10H8BrF3O2/c11-8-4-7(2-1-3-15)5-9(6-8)16-10(12,13)14/h3-6H,1-2H2. The topological polar surface area (TPSA) is 26.3 Å². The van der Waals surface area contributed by atoms with Crippen LogP contribution >= 0.6 is 15.9 Å². The number of hydrogen-bond donors (Lipinski definition) is 0. The lowest BCUT2D eigenvalue weighted by Crippen LogP contribution is -2.17. The minimum Gasteiger partial charge on any atom is -0.406 e. The van der Waals surface area contributed by atoms with Gasteiger partial charge in [-0.25, -0.2) is 0 Å². The summed E-state index contributed by atoms with van der Waals surface area (Å²) in [4.78, 5) is 10.2. The molecule has 0 N–H and O–H groups in total. The van der Waals surface area contributed by atoms with Crippen LogP contribution in [0.3, 0.4) is 0 Å². The summed E-state index contributed by atoms with van der Waals surface area (Å²) in [6.45, 7) is 0. The monoisotopic (exact) mass is 296 g/mol. The van der Waals surface area contributed by atoms with Crippen LogP contribution in [0.1, 0.15) is 12.0 Å². The SMILES string of the molecule is O=CCCc1cc(Br)cc(OC(F)(F)F)c1. The Balaban J connectivity index is 2.85. The number of rotatable bonds is 4. The van der Waals surface area contributed by atoms with Crippen molar-refractivity contribution in [2.45, 2.75) is 19.2 Å². The third kappa shape index (κ3) is 4.65. The first-order chi connectivity index (χ1) is 7.40. The van der Waals surface area contributed by atoms with E-state index in [4.69, 9.17) is 0 Å². The molecule has 0 radical (unpaired) electrons. The number of aryl methyl sites for hydroxylation is 1. The number of alkyl halides is 3. The van der Waals surface area contributed by atoms with Crippen LogP contribution in [0.2, 0.25) is 0 Å². The predicted molar refractivity (Wildman–Crippen MR) is 55.2 cm³/mol. The molecule has 0 atom stereocenters. The van der Waals surface area contributed by atoms with Gasteiger partial charge in [-0.1, -0.05) is 15.9 Å². The second-order valence-corrected chi connectivity index (χ2v) is 3.96. The zero-order valence-corrected chi connectivity index (χ0v) is 9.64. The van der Waals surface area contributed by atoms with Crippen LogP contribution in [0.15, 0.2) is 22.7 Å². The smallest absolute Gasteiger partial charge is 0.406 e. The molecule has 1 rings (SSSR count). The summed E-state index contributed by atoms with van der Waals surface area (Å²) in [5.41, 5.74) is 0.612. The van der Waals surface area contributed by atoms with Crippen molar-refractivity contribution >= 4 is 22.2 Å². The van der Waals surface area contributed by atoms with Gasteiger partial charge in [0.2, 0.25) is 0 Å². The van der Waals surface area contributed by atoms with E-state index in [1.54, 1.807) is 6.07 Å². The maximum atomic E-state index is 12.0. The Bertz CT molecular complexity index is 377. The van der Waals surface area contributed by atoms with Gasteiger partial charge in [0.05, 0.1) is 0 Å². The number of aldehydes is 1. The zero-order valence-electron chi connectivity index (χ0n) is 8.05. The van der Waals surface area contributed by atoms with Crippen LogP contribution in [-0.4, -0.2) is 12.6 Å². The third-order valence-electron chi connectivity index (χ3n) is 1.72. The molecule has 0 aromatic heterocycles. The highest BCUT2D eigenvalue weighted by atomic mass is 79.9. The Hall–Kier alpha value is -1.04. The maximum Gasteiger partial charge on any atom is 0.573 e. The van der Waals surface area contributed by atoms with E-state index in [0.717, 1.165) is 0 Å². The summed E-state index contributed by atoms with van der Waals surface area (Å²) in [5.74, 6) is -0.289. The molecule has 0 fully saturated rings. The molecule has 0 amide bonds. The van der Waals surface area contributed by atoms with E-state index in [-0.39, 0.29) is 12.2 Å². The highest BCUT2D eigenvalue weighted by Gasteiger charge is 2.31. The summed E-state index contributed by atoms with van der Waals surface area (Å²) in [6, 6.07) is 4.13. The van der Waals surface area contributed by atoms with Gasteiger partial charge in [-0.05, 0) is 30.2 Å². The highest BCUT2D eigenvalue weighted by molar-refractivity contribution is 9.10. The average Bonchev–Trinajstić information content (AvgIpc) is 2.10. The van der Waals surface area contributed by atoms with Gasteiger partial charge in [0, 0.05) is 10.9 Å². The molecule has 0 heterocycles. The molecule has 6 heteroatoms. The molecule has 0 saturated carbocycles. The maximum absolute atomic E-state index is 12.0. The summed E-state index contributed by atoms with van der Waals surface area (Å²) in [5, 5.41) is 0. The fourth-order valence-electron chi connectivity index (χ4n) is 1.18. The van der Waals surface area contributed by atoms with Crippen LogP contribution in [0.25, 0.3) is 0 Å². The second-order valence-electron chi connectivity index (χ2n) is 3.05. The quantitative estimate of drug-likeness (QED) is 0.795. The zero-order chi connectivity index (χ0) is 12.2.